The van der Waals surface area contributed by atoms with E-state index in [-0.39, 0.29) is 10.7 Å². The molecule has 1 aromatic heterocycles. The lowest BCUT2D eigenvalue weighted by atomic mass is 10.3. The molecule has 0 spiro atoms. The monoisotopic (exact) mass is 264 g/mol. The highest BCUT2D eigenvalue weighted by Crippen LogP contribution is 2.19. The summed E-state index contributed by atoms with van der Waals surface area (Å²) in [4.78, 5) is 28.2. The third-order valence-corrected chi connectivity index (χ3v) is 2.00. The molecule has 13 heavy (non-hydrogen) atoms. The van der Waals surface area contributed by atoms with Crippen LogP contribution < -0.4 is 0 Å². The molecule has 0 fully saturated rings. The molecule has 7 heteroatoms. The fourth-order valence-electron chi connectivity index (χ4n) is 0.653. The summed E-state index contributed by atoms with van der Waals surface area (Å²) >= 11 is 8.55. The molecule has 1 heterocycles. The van der Waals surface area contributed by atoms with Crippen LogP contribution in [0.15, 0.2) is 22.1 Å². The molecule has 0 amide bonds. The lowest BCUT2D eigenvalue weighted by Gasteiger charge is -1.98. The summed E-state index contributed by atoms with van der Waals surface area (Å²) in [7, 11) is 0. The maximum atomic E-state index is 11.0. The minimum absolute atomic E-state index is 0.0969. The Bertz CT molecular complexity index is 358. The normalized spacial score (nSPS) is 9.38. The van der Waals surface area contributed by atoms with Crippen LogP contribution in [0, 0.1) is 4.91 Å². The first-order valence-corrected chi connectivity index (χ1v) is 4.17. The molecule has 1 rings (SSSR count). The second-order valence-electron chi connectivity index (χ2n) is 1.94. The van der Waals surface area contributed by atoms with Crippen molar-refractivity contribution < 1.29 is 9.63 Å². The van der Waals surface area contributed by atoms with E-state index in [0.29, 0.717) is 4.47 Å². The van der Waals surface area contributed by atoms with Gasteiger partial charge in [-0.25, -0.2) is 9.78 Å². The average Bonchev–Trinajstić information content (AvgIpc) is 2.09. The summed E-state index contributed by atoms with van der Waals surface area (Å²) in [6.45, 7) is 0. The fourth-order valence-corrected chi connectivity index (χ4v) is 1.19. The van der Waals surface area contributed by atoms with Gasteiger partial charge in [0.2, 0.25) is 0 Å². The molecule has 0 aliphatic carbocycles. The van der Waals surface area contributed by atoms with Gasteiger partial charge in [-0.1, -0.05) is 11.6 Å². The van der Waals surface area contributed by atoms with Crippen molar-refractivity contribution in [2.75, 3.05) is 0 Å². The summed E-state index contributed by atoms with van der Waals surface area (Å²) in [5.74, 6) is -0.883. The number of rotatable bonds is 2. The van der Waals surface area contributed by atoms with Gasteiger partial charge in [0.05, 0.1) is 10.0 Å². The van der Waals surface area contributed by atoms with Crippen molar-refractivity contribution in [2.45, 2.75) is 0 Å². The Morgan fingerprint density at radius 3 is 3.00 bits per heavy atom. The van der Waals surface area contributed by atoms with Crippen LogP contribution in [0.5, 0.6) is 0 Å². The molecule has 0 aliphatic rings. The summed E-state index contributed by atoms with van der Waals surface area (Å²) in [6.07, 6.45) is 1.32. The summed E-state index contributed by atoms with van der Waals surface area (Å²) in [5, 5.41) is 2.12. The molecule has 0 N–H and O–H groups in total. The number of halogens is 2. The van der Waals surface area contributed by atoms with Crippen molar-refractivity contribution in [3.05, 3.63) is 32.4 Å². The lowest BCUT2D eigenvalue weighted by molar-refractivity contribution is 0.0507. The van der Waals surface area contributed by atoms with E-state index in [1.54, 1.807) is 0 Å². The maximum Gasteiger partial charge on any atom is 0.370 e. The zero-order valence-electron chi connectivity index (χ0n) is 6.03. The van der Waals surface area contributed by atoms with E-state index in [9.17, 15) is 9.70 Å². The predicted octanol–water partition coefficient (Wildman–Crippen LogP) is 2.34. The largest absolute Gasteiger partial charge is 0.370 e. The molecule has 0 saturated heterocycles. The van der Waals surface area contributed by atoms with Gasteiger partial charge < -0.3 is 0 Å². The van der Waals surface area contributed by atoms with Crippen LogP contribution in [0.25, 0.3) is 0 Å². The Balaban J connectivity index is 3.05. The third-order valence-electron chi connectivity index (χ3n) is 1.16. The van der Waals surface area contributed by atoms with Crippen molar-refractivity contribution >= 4 is 33.5 Å². The topological polar surface area (TPSA) is 68.6 Å². The van der Waals surface area contributed by atoms with Crippen LogP contribution >= 0.6 is 27.5 Å². The number of aromatic nitrogens is 1. The first kappa shape index (κ1) is 10.1. The van der Waals surface area contributed by atoms with E-state index in [2.05, 4.69) is 25.8 Å². The Kier molecular flexibility index (Phi) is 3.32. The van der Waals surface area contributed by atoms with Gasteiger partial charge in [-0.15, -0.1) is 4.91 Å². The van der Waals surface area contributed by atoms with Gasteiger partial charge in [0.1, 0.15) is 5.15 Å². The van der Waals surface area contributed by atoms with Crippen molar-refractivity contribution in [3.8, 4) is 0 Å². The van der Waals surface area contributed by atoms with Gasteiger partial charge in [-0.05, 0) is 22.0 Å². The zero-order chi connectivity index (χ0) is 9.84. The number of nitrogens with zero attached hydrogens (tertiary/aromatic N) is 2. The second kappa shape index (κ2) is 4.29. The molecular weight excluding hydrogens is 263 g/mol. The third kappa shape index (κ3) is 2.46. The van der Waals surface area contributed by atoms with Crippen molar-refractivity contribution in [1.82, 2.24) is 4.98 Å². The molecule has 5 nitrogen and oxygen atoms in total. The number of pyridine rings is 1. The van der Waals surface area contributed by atoms with Crippen LogP contribution in [-0.2, 0) is 4.84 Å². The van der Waals surface area contributed by atoms with Crippen LogP contribution in [0.3, 0.4) is 0 Å². The highest BCUT2D eigenvalue weighted by molar-refractivity contribution is 9.10. The predicted molar refractivity (Wildman–Crippen MR) is 48.2 cm³/mol. The van der Waals surface area contributed by atoms with Crippen LogP contribution in [0.1, 0.15) is 10.4 Å². The number of hydrogen-bond acceptors (Lipinski definition) is 5. The molecule has 0 saturated carbocycles. The molecule has 0 atom stereocenters. The Morgan fingerprint density at radius 2 is 2.38 bits per heavy atom. The van der Waals surface area contributed by atoms with Gasteiger partial charge in [0, 0.05) is 6.20 Å². The zero-order valence-corrected chi connectivity index (χ0v) is 8.37. The summed E-state index contributed by atoms with van der Waals surface area (Å²) in [6, 6.07) is 1.26. The van der Waals surface area contributed by atoms with Crippen LogP contribution in [-0.4, -0.2) is 11.0 Å². The van der Waals surface area contributed by atoms with Crippen LogP contribution in [0.4, 0.5) is 0 Å². The molecule has 0 radical (unpaired) electrons. The molecule has 68 valence electrons. The minimum Gasteiger partial charge on any atom is -0.279 e. The maximum absolute atomic E-state index is 11.0. The van der Waals surface area contributed by atoms with Gasteiger partial charge in [-0.2, -0.15) is 0 Å². The van der Waals surface area contributed by atoms with Crippen molar-refractivity contribution in [1.29, 1.82) is 0 Å². The SMILES string of the molecule is O=NOC(=O)c1cc(Cl)ncc1Br. The number of carbonyl (C=O) groups excluding carboxylic acids is 1. The minimum atomic E-state index is -0.883. The van der Waals surface area contributed by atoms with Gasteiger partial charge in [-0.3, -0.25) is 4.84 Å². The van der Waals surface area contributed by atoms with E-state index in [4.69, 9.17) is 11.6 Å². The number of carbonyl (C=O) groups is 1. The molecular formula is C6H2BrClN2O3. The van der Waals surface area contributed by atoms with Crippen LogP contribution in [0.2, 0.25) is 5.15 Å². The standard InChI is InChI=1S/C6H2BrClN2O3/c7-4-2-9-5(8)1-3(4)6(11)13-10-12/h1-2H. The summed E-state index contributed by atoms with van der Waals surface area (Å²) in [5.41, 5.74) is 0.0969. The first-order valence-electron chi connectivity index (χ1n) is 3.00. The van der Waals surface area contributed by atoms with E-state index in [1.165, 1.54) is 12.3 Å². The van der Waals surface area contributed by atoms with Crippen molar-refractivity contribution in [3.63, 3.8) is 0 Å². The van der Waals surface area contributed by atoms with E-state index in [0.717, 1.165) is 0 Å². The second-order valence-corrected chi connectivity index (χ2v) is 3.18. The molecule has 0 aromatic carbocycles. The highest BCUT2D eigenvalue weighted by Gasteiger charge is 2.13. The van der Waals surface area contributed by atoms with Gasteiger partial charge in [0.15, 0.2) is 5.34 Å². The first-order chi connectivity index (χ1) is 6.15. The number of hydrogen-bond donors (Lipinski definition) is 0. The molecule has 0 unspecified atom stereocenters. The Morgan fingerprint density at radius 1 is 1.69 bits per heavy atom. The quantitative estimate of drug-likeness (QED) is 0.467. The lowest BCUT2D eigenvalue weighted by Crippen LogP contribution is -2.01. The summed E-state index contributed by atoms with van der Waals surface area (Å²) < 4.78 is 0.380. The Labute approximate surface area is 86.1 Å². The van der Waals surface area contributed by atoms with E-state index in [1.807, 2.05) is 5.34 Å². The van der Waals surface area contributed by atoms with E-state index >= 15 is 0 Å². The molecule has 0 aliphatic heterocycles. The smallest absolute Gasteiger partial charge is 0.279 e. The fraction of sp³-hybridized carbons (Fsp3) is 0. The van der Waals surface area contributed by atoms with Gasteiger partial charge >= 0.3 is 5.97 Å². The highest BCUT2D eigenvalue weighted by atomic mass is 79.9. The Hall–Kier alpha value is -1.01. The van der Waals surface area contributed by atoms with Gasteiger partial charge in [0.25, 0.3) is 0 Å². The molecule has 1 aromatic rings. The van der Waals surface area contributed by atoms with Crippen molar-refractivity contribution in [2.24, 2.45) is 5.34 Å². The van der Waals surface area contributed by atoms with E-state index < -0.39 is 5.97 Å². The molecule has 0 bridgehead atoms. The average molecular weight is 265 g/mol.